The Hall–Kier alpha value is -0.530. The first-order chi connectivity index (χ1) is 6.74. The number of carbonyl (C=O) groups is 1. The molecule has 1 amide bonds. The van der Waals surface area contributed by atoms with Gasteiger partial charge in [0.1, 0.15) is 0 Å². The molecule has 0 aliphatic rings. The molecule has 0 fully saturated rings. The molecule has 0 aromatic heterocycles. The molecule has 1 unspecified atom stereocenters. The summed E-state index contributed by atoms with van der Waals surface area (Å²) in [6.07, 6.45) is 6.43. The second kappa shape index (κ2) is 9.04. The first-order valence-electron chi connectivity index (χ1n) is 6.01. The average molecular weight is 199 g/mol. The van der Waals surface area contributed by atoms with Gasteiger partial charge < -0.3 is 5.32 Å². The minimum absolute atomic E-state index is 0.235. The van der Waals surface area contributed by atoms with Crippen molar-refractivity contribution in [3.05, 3.63) is 0 Å². The van der Waals surface area contributed by atoms with Crippen molar-refractivity contribution in [3.8, 4) is 0 Å². The van der Waals surface area contributed by atoms with E-state index < -0.39 is 0 Å². The normalized spacial score (nSPS) is 12.5. The standard InChI is InChI=1S/C12H25NO/c1-4-7-9-13-12(14)10-11(6-3)8-5-2/h11H,4-10H2,1-3H3,(H,13,14). The van der Waals surface area contributed by atoms with E-state index >= 15 is 0 Å². The maximum Gasteiger partial charge on any atom is 0.220 e. The van der Waals surface area contributed by atoms with E-state index in [1.54, 1.807) is 0 Å². The largest absolute Gasteiger partial charge is 0.356 e. The highest BCUT2D eigenvalue weighted by atomic mass is 16.1. The van der Waals surface area contributed by atoms with Crippen molar-refractivity contribution in [3.63, 3.8) is 0 Å². The molecular formula is C12H25NO. The van der Waals surface area contributed by atoms with E-state index in [0.29, 0.717) is 12.3 Å². The van der Waals surface area contributed by atoms with Crippen molar-refractivity contribution in [2.75, 3.05) is 6.54 Å². The number of amides is 1. The molecule has 1 atom stereocenters. The van der Waals surface area contributed by atoms with E-state index in [9.17, 15) is 4.79 Å². The van der Waals surface area contributed by atoms with Crippen molar-refractivity contribution < 1.29 is 4.79 Å². The van der Waals surface area contributed by atoms with Crippen LogP contribution in [0.4, 0.5) is 0 Å². The first kappa shape index (κ1) is 13.5. The molecule has 1 N–H and O–H groups in total. The molecule has 0 aliphatic carbocycles. The van der Waals surface area contributed by atoms with Crippen LogP contribution in [-0.4, -0.2) is 12.5 Å². The zero-order valence-electron chi connectivity index (χ0n) is 9.94. The van der Waals surface area contributed by atoms with Crippen LogP contribution >= 0.6 is 0 Å². The molecule has 0 spiro atoms. The molecule has 0 radical (unpaired) electrons. The van der Waals surface area contributed by atoms with Crippen LogP contribution in [0.2, 0.25) is 0 Å². The fourth-order valence-electron chi connectivity index (χ4n) is 1.60. The van der Waals surface area contributed by atoms with Gasteiger partial charge >= 0.3 is 0 Å². The van der Waals surface area contributed by atoms with Crippen LogP contribution in [0.15, 0.2) is 0 Å². The minimum atomic E-state index is 0.235. The Morgan fingerprint density at radius 1 is 1.21 bits per heavy atom. The number of nitrogens with one attached hydrogen (secondary N) is 1. The van der Waals surface area contributed by atoms with Crippen LogP contribution in [0.1, 0.15) is 59.3 Å². The molecule has 0 heterocycles. The maximum atomic E-state index is 11.5. The lowest BCUT2D eigenvalue weighted by atomic mass is 9.97. The molecule has 14 heavy (non-hydrogen) atoms. The SMILES string of the molecule is CCCCNC(=O)CC(CC)CCC. The number of rotatable bonds is 8. The summed E-state index contributed by atoms with van der Waals surface area (Å²) in [6.45, 7) is 7.33. The van der Waals surface area contributed by atoms with Crippen LogP contribution in [-0.2, 0) is 4.79 Å². The minimum Gasteiger partial charge on any atom is -0.356 e. The third-order valence-electron chi connectivity index (χ3n) is 2.60. The van der Waals surface area contributed by atoms with Crippen molar-refractivity contribution >= 4 is 5.91 Å². The van der Waals surface area contributed by atoms with Gasteiger partial charge in [-0.3, -0.25) is 4.79 Å². The highest BCUT2D eigenvalue weighted by Crippen LogP contribution is 2.14. The Kier molecular flexibility index (Phi) is 8.70. The van der Waals surface area contributed by atoms with Gasteiger partial charge in [0.15, 0.2) is 0 Å². The highest BCUT2D eigenvalue weighted by molar-refractivity contribution is 5.76. The molecule has 2 nitrogen and oxygen atoms in total. The van der Waals surface area contributed by atoms with E-state index in [0.717, 1.165) is 25.8 Å². The molecule has 2 heteroatoms. The van der Waals surface area contributed by atoms with Crippen molar-refractivity contribution in [1.82, 2.24) is 5.32 Å². The van der Waals surface area contributed by atoms with Crippen LogP contribution in [0.5, 0.6) is 0 Å². The molecule has 0 aromatic rings. The van der Waals surface area contributed by atoms with E-state index in [1.165, 1.54) is 12.8 Å². The fourth-order valence-corrected chi connectivity index (χ4v) is 1.60. The van der Waals surface area contributed by atoms with Gasteiger partial charge in [-0.2, -0.15) is 0 Å². The Balaban J connectivity index is 3.56. The Morgan fingerprint density at radius 2 is 1.93 bits per heavy atom. The number of unbranched alkanes of at least 4 members (excludes halogenated alkanes) is 1. The quantitative estimate of drug-likeness (QED) is 0.598. The van der Waals surface area contributed by atoms with E-state index in [2.05, 4.69) is 26.1 Å². The maximum absolute atomic E-state index is 11.5. The fraction of sp³-hybridized carbons (Fsp3) is 0.917. The van der Waals surface area contributed by atoms with E-state index in [-0.39, 0.29) is 5.91 Å². The van der Waals surface area contributed by atoms with Gasteiger partial charge in [-0.05, 0) is 12.3 Å². The molecule has 0 rings (SSSR count). The van der Waals surface area contributed by atoms with E-state index in [4.69, 9.17) is 0 Å². The van der Waals surface area contributed by atoms with Crippen LogP contribution < -0.4 is 5.32 Å². The summed E-state index contributed by atoms with van der Waals surface area (Å²) in [7, 11) is 0. The van der Waals surface area contributed by atoms with Gasteiger partial charge in [-0.25, -0.2) is 0 Å². The predicted molar refractivity (Wildman–Crippen MR) is 61.2 cm³/mol. The molecule has 0 saturated carbocycles. The summed E-state index contributed by atoms with van der Waals surface area (Å²) < 4.78 is 0. The van der Waals surface area contributed by atoms with Crippen LogP contribution in [0.25, 0.3) is 0 Å². The molecule has 84 valence electrons. The summed E-state index contributed by atoms with van der Waals surface area (Å²) in [6, 6.07) is 0. The molecule has 0 saturated heterocycles. The summed E-state index contributed by atoms with van der Waals surface area (Å²) in [5.74, 6) is 0.820. The van der Waals surface area contributed by atoms with Gasteiger partial charge in [0.25, 0.3) is 0 Å². The third kappa shape index (κ3) is 6.93. The number of hydrogen-bond acceptors (Lipinski definition) is 1. The smallest absolute Gasteiger partial charge is 0.220 e. The Labute approximate surface area is 88.5 Å². The van der Waals surface area contributed by atoms with Crippen molar-refractivity contribution in [2.24, 2.45) is 5.92 Å². The van der Waals surface area contributed by atoms with Gasteiger partial charge in [-0.1, -0.05) is 46.5 Å². The van der Waals surface area contributed by atoms with Crippen LogP contribution in [0.3, 0.4) is 0 Å². The molecular weight excluding hydrogens is 174 g/mol. The zero-order valence-corrected chi connectivity index (χ0v) is 9.94. The van der Waals surface area contributed by atoms with E-state index in [1.807, 2.05) is 0 Å². The topological polar surface area (TPSA) is 29.1 Å². The summed E-state index contributed by atoms with van der Waals surface area (Å²) >= 11 is 0. The Bertz CT molecular complexity index is 145. The monoisotopic (exact) mass is 199 g/mol. The van der Waals surface area contributed by atoms with Crippen LogP contribution in [0, 0.1) is 5.92 Å². The first-order valence-corrected chi connectivity index (χ1v) is 6.01. The lowest BCUT2D eigenvalue weighted by Crippen LogP contribution is -2.26. The van der Waals surface area contributed by atoms with Crippen molar-refractivity contribution in [2.45, 2.75) is 59.3 Å². The summed E-state index contributed by atoms with van der Waals surface area (Å²) in [4.78, 5) is 11.5. The molecule has 0 aliphatic heterocycles. The third-order valence-corrected chi connectivity index (χ3v) is 2.60. The lowest BCUT2D eigenvalue weighted by molar-refractivity contribution is -0.122. The molecule has 0 bridgehead atoms. The average Bonchev–Trinajstić information content (AvgIpc) is 2.17. The summed E-state index contributed by atoms with van der Waals surface area (Å²) in [5, 5.41) is 2.97. The molecule has 0 aromatic carbocycles. The predicted octanol–water partition coefficient (Wildman–Crippen LogP) is 3.12. The number of hydrogen-bond donors (Lipinski definition) is 1. The highest BCUT2D eigenvalue weighted by Gasteiger charge is 2.10. The van der Waals surface area contributed by atoms with Crippen molar-refractivity contribution in [1.29, 1.82) is 0 Å². The second-order valence-electron chi connectivity index (χ2n) is 3.97. The second-order valence-corrected chi connectivity index (χ2v) is 3.97. The van der Waals surface area contributed by atoms with Gasteiger partial charge in [0, 0.05) is 13.0 Å². The van der Waals surface area contributed by atoms with Gasteiger partial charge in [0.2, 0.25) is 5.91 Å². The zero-order chi connectivity index (χ0) is 10.8. The lowest BCUT2D eigenvalue weighted by Gasteiger charge is -2.13. The van der Waals surface area contributed by atoms with Gasteiger partial charge in [0.05, 0.1) is 0 Å². The number of carbonyl (C=O) groups excluding carboxylic acids is 1. The Morgan fingerprint density at radius 3 is 2.43 bits per heavy atom. The summed E-state index contributed by atoms with van der Waals surface area (Å²) in [5.41, 5.74) is 0. The van der Waals surface area contributed by atoms with Gasteiger partial charge in [-0.15, -0.1) is 0 Å².